The molecule has 1 aromatic rings. The normalized spacial score (nSPS) is 25.4. The molecule has 0 aromatic heterocycles. The third-order valence-electron chi connectivity index (χ3n) is 4.84. The monoisotopic (exact) mass is 351 g/mol. The molecule has 2 heterocycles. The van der Waals surface area contributed by atoms with Gasteiger partial charge in [0.25, 0.3) is 0 Å². The van der Waals surface area contributed by atoms with Crippen LogP contribution in [0.3, 0.4) is 0 Å². The zero-order valence-electron chi connectivity index (χ0n) is 12.7. The fraction of sp³-hybridized carbons (Fsp3) is 0.353. The summed E-state index contributed by atoms with van der Waals surface area (Å²) in [6.07, 6.45) is 2.04. The van der Waals surface area contributed by atoms with Crippen molar-refractivity contribution in [2.75, 3.05) is 5.75 Å². The third kappa shape index (κ3) is 2.22. The van der Waals surface area contributed by atoms with E-state index in [0.717, 1.165) is 17.8 Å². The van der Waals surface area contributed by atoms with Crippen molar-refractivity contribution in [3.05, 3.63) is 57.3 Å². The molecule has 4 rings (SSSR count). The Morgan fingerprint density at radius 1 is 1.04 bits per heavy atom. The lowest BCUT2D eigenvalue weighted by atomic mass is 9.79. The maximum absolute atomic E-state index is 13.7. The lowest BCUT2D eigenvalue weighted by molar-refractivity contribution is -0.116. The summed E-state index contributed by atoms with van der Waals surface area (Å²) in [4.78, 5) is 12.6. The number of Topliss-reactive ketones (excluding diaryl/α,β-unsaturated/α-hetero) is 1. The Labute approximate surface area is 138 Å². The maximum Gasteiger partial charge on any atom is 0.177 e. The van der Waals surface area contributed by atoms with Crippen LogP contribution in [0, 0.1) is 11.6 Å². The molecule has 0 amide bonds. The van der Waals surface area contributed by atoms with Crippen LogP contribution in [0.2, 0.25) is 0 Å². The first kappa shape index (κ1) is 15.5. The molecule has 0 radical (unpaired) electrons. The van der Waals surface area contributed by atoms with E-state index in [0.29, 0.717) is 42.5 Å². The Kier molecular flexibility index (Phi) is 3.38. The molecule has 1 N–H and O–H groups in total. The predicted molar refractivity (Wildman–Crippen MR) is 83.5 cm³/mol. The molecule has 7 heteroatoms. The fourth-order valence-electron chi connectivity index (χ4n) is 3.79. The number of sulfone groups is 1. The predicted octanol–water partition coefficient (Wildman–Crippen LogP) is 2.69. The number of benzene rings is 1. The standard InChI is InChI=1S/C17H15F2NO3S/c18-10-5-4-9(8-11(10)19)15-16-12(2-1-3-14(16)21)20-13-6-7-24(22,23)17(13)15/h4-5,8,15,20H,1-3,6-7H2/t15-/m0/s1. The van der Waals surface area contributed by atoms with Crippen LogP contribution in [0.15, 0.2) is 40.1 Å². The van der Waals surface area contributed by atoms with E-state index in [1.807, 2.05) is 0 Å². The van der Waals surface area contributed by atoms with Crippen molar-refractivity contribution >= 4 is 15.6 Å². The molecule has 1 atom stereocenters. The number of hydrogen-bond donors (Lipinski definition) is 1. The summed E-state index contributed by atoms with van der Waals surface area (Å²) >= 11 is 0. The Bertz CT molecular complexity index is 931. The highest BCUT2D eigenvalue weighted by molar-refractivity contribution is 7.95. The molecule has 0 spiro atoms. The molecule has 1 aliphatic carbocycles. The van der Waals surface area contributed by atoms with Crippen LogP contribution in [0.4, 0.5) is 8.78 Å². The molecule has 1 aromatic carbocycles. The van der Waals surface area contributed by atoms with Crippen LogP contribution < -0.4 is 5.32 Å². The Morgan fingerprint density at radius 3 is 2.58 bits per heavy atom. The molecular weight excluding hydrogens is 336 g/mol. The third-order valence-corrected chi connectivity index (χ3v) is 6.73. The van der Waals surface area contributed by atoms with Crippen molar-refractivity contribution < 1.29 is 22.0 Å². The van der Waals surface area contributed by atoms with Crippen molar-refractivity contribution in [2.24, 2.45) is 0 Å². The molecule has 0 bridgehead atoms. The molecule has 4 nitrogen and oxygen atoms in total. The van der Waals surface area contributed by atoms with E-state index in [9.17, 15) is 22.0 Å². The molecule has 2 aliphatic heterocycles. The molecule has 0 saturated carbocycles. The number of ketones is 1. The van der Waals surface area contributed by atoms with Crippen LogP contribution in [0.25, 0.3) is 0 Å². The number of carbonyl (C=O) groups is 1. The SMILES string of the molecule is O=C1CCCC2=C1[C@H](c1ccc(F)c(F)c1)C1=C(CCS1(=O)=O)N2. The van der Waals surface area contributed by atoms with Gasteiger partial charge in [0.1, 0.15) is 0 Å². The van der Waals surface area contributed by atoms with Gasteiger partial charge >= 0.3 is 0 Å². The number of nitrogens with one attached hydrogen (secondary N) is 1. The number of carbonyl (C=O) groups excluding carboxylic acids is 1. The Hall–Kier alpha value is -2.02. The molecular formula is C17H15F2NO3S. The summed E-state index contributed by atoms with van der Waals surface area (Å²) in [5, 5.41) is 3.12. The summed E-state index contributed by atoms with van der Waals surface area (Å²) in [5.74, 6) is -3.05. The quantitative estimate of drug-likeness (QED) is 0.845. The Morgan fingerprint density at radius 2 is 1.83 bits per heavy atom. The Balaban J connectivity index is 1.96. The van der Waals surface area contributed by atoms with Crippen LogP contribution in [-0.2, 0) is 14.6 Å². The van der Waals surface area contributed by atoms with Gasteiger partial charge in [0.2, 0.25) is 0 Å². The van der Waals surface area contributed by atoms with E-state index in [4.69, 9.17) is 0 Å². The minimum Gasteiger partial charge on any atom is -0.361 e. The fourth-order valence-corrected chi connectivity index (χ4v) is 5.62. The van der Waals surface area contributed by atoms with Crippen molar-refractivity contribution in [1.29, 1.82) is 0 Å². The highest BCUT2D eigenvalue weighted by Gasteiger charge is 2.44. The average molecular weight is 351 g/mol. The zero-order chi connectivity index (χ0) is 17.1. The van der Waals surface area contributed by atoms with Gasteiger partial charge in [0.05, 0.1) is 16.6 Å². The second-order valence-corrected chi connectivity index (χ2v) is 8.39. The number of allylic oxidation sites excluding steroid dienone is 4. The highest BCUT2D eigenvalue weighted by atomic mass is 32.2. The molecule has 126 valence electrons. The summed E-state index contributed by atoms with van der Waals surface area (Å²) in [7, 11) is -3.53. The summed E-state index contributed by atoms with van der Waals surface area (Å²) in [6.45, 7) is 0. The summed E-state index contributed by atoms with van der Waals surface area (Å²) in [6, 6.07) is 3.33. The average Bonchev–Trinajstić information content (AvgIpc) is 2.84. The van der Waals surface area contributed by atoms with Crippen LogP contribution in [-0.4, -0.2) is 20.0 Å². The second-order valence-electron chi connectivity index (χ2n) is 6.31. The minimum atomic E-state index is -3.53. The molecule has 3 aliphatic rings. The van der Waals surface area contributed by atoms with Crippen molar-refractivity contribution in [3.63, 3.8) is 0 Å². The van der Waals surface area contributed by atoms with E-state index < -0.39 is 27.4 Å². The van der Waals surface area contributed by atoms with E-state index in [1.165, 1.54) is 6.07 Å². The molecule has 0 saturated heterocycles. The van der Waals surface area contributed by atoms with E-state index in [2.05, 4.69) is 5.32 Å². The smallest absolute Gasteiger partial charge is 0.177 e. The first-order valence-electron chi connectivity index (χ1n) is 7.82. The number of hydrogen-bond acceptors (Lipinski definition) is 4. The minimum absolute atomic E-state index is 0.0282. The van der Waals surface area contributed by atoms with E-state index in [1.54, 1.807) is 0 Å². The van der Waals surface area contributed by atoms with Crippen LogP contribution >= 0.6 is 0 Å². The van der Waals surface area contributed by atoms with Gasteiger partial charge in [0, 0.05) is 29.8 Å². The van der Waals surface area contributed by atoms with Crippen LogP contribution in [0.1, 0.15) is 37.2 Å². The summed E-state index contributed by atoms with van der Waals surface area (Å²) in [5.41, 5.74) is 1.99. The van der Waals surface area contributed by atoms with E-state index in [-0.39, 0.29) is 16.4 Å². The van der Waals surface area contributed by atoms with Gasteiger partial charge in [-0.25, -0.2) is 17.2 Å². The van der Waals surface area contributed by atoms with Crippen molar-refractivity contribution in [1.82, 2.24) is 5.32 Å². The number of dihydropyridines is 1. The van der Waals surface area contributed by atoms with Crippen LogP contribution in [0.5, 0.6) is 0 Å². The van der Waals surface area contributed by atoms with Gasteiger partial charge in [0.15, 0.2) is 27.3 Å². The number of halogens is 2. The maximum atomic E-state index is 13.7. The lowest BCUT2D eigenvalue weighted by Crippen LogP contribution is -2.32. The lowest BCUT2D eigenvalue weighted by Gasteiger charge is -2.33. The first-order valence-corrected chi connectivity index (χ1v) is 9.48. The van der Waals surface area contributed by atoms with Crippen molar-refractivity contribution in [3.8, 4) is 0 Å². The van der Waals surface area contributed by atoms with Gasteiger partial charge in [-0.3, -0.25) is 4.79 Å². The van der Waals surface area contributed by atoms with Gasteiger partial charge in [-0.15, -0.1) is 0 Å². The number of rotatable bonds is 1. The molecule has 0 fully saturated rings. The van der Waals surface area contributed by atoms with Gasteiger partial charge < -0.3 is 5.32 Å². The second kappa shape index (κ2) is 5.24. The highest BCUT2D eigenvalue weighted by Crippen LogP contribution is 2.47. The first-order chi connectivity index (χ1) is 11.4. The summed E-state index contributed by atoms with van der Waals surface area (Å²) < 4.78 is 52.1. The van der Waals surface area contributed by atoms with Gasteiger partial charge in [-0.05, 0) is 30.5 Å². The van der Waals surface area contributed by atoms with Gasteiger partial charge in [-0.1, -0.05) is 6.07 Å². The zero-order valence-corrected chi connectivity index (χ0v) is 13.6. The van der Waals surface area contributed by atoms with Crippen molar-refractivity contribution in [2.45, 2.75) is 31.6 Å². The topological polar surface area (TPSA) is 63.2 Å². The largest absolute Gasteiger partial charge is 0.361 e. The molecule has 24 heavy (non-hydrogen) atoms. The van der Waals surface area contributed by atoms with Gasteiger partial charge in [-0.2, -0.15) is 0 Å². The van der Waals surface area contributed by atoms with E-state index >= 15 is 0 Å². The molecule has 0 unspecified atom stereocenters.